The van der Waals surface area contributed by atoms with Crippen LogP contribution in [0.3, 0.4) is 0 Å². The Morgan fingerprint density at radius 1 is 1.15 bits per heavy atom. The third kappa shape index (κ3) is 7.55. The van der Waals surface area contributed by atoms with E-state index in [1.165, 1.54) is 6.26 Å². The number of hydrogen-bond donors (Lipinski definition) is 0. The molecule has 0 saturated heterocycles. The quantitative estimate of drug-likeness (QED) is 0.202. The summed E-state index contributed by atoms with van der Waals surface area (Å²) in [4.78, 5) is 23.3. The molecule has 5 nitrogen and oxygen atoms in total. The lowest BCUT2D eigenvalue weighted by Gasteiger charge is -2.21. The highest BCUT2D eigenvalue weighted by atomic mass is 16.6. The van der Waals surface area contributed by atoms with Crippen LogP contribution in [0.2, 0.25) is 0 Å². The van der Waals surface area contributed by atoms with E-state index in [9.17, 15) is 9.59 Å². The summed E-state index contributed by atoms with van der Waals surface area (Å²) in [6.45, 7) is 11.3. The molecule has 0 radical (unpaired) electrons. The van der Waals surface area contributed by atoms with Crippen LogP contribution in [0.5, 0.6) is 5.75 Å². The van der Waals surface area contributed by atoms with Crippen molar-refractivity contribution in [3.63, 3.8) is 0 Å². The second-order valence-corrected chi connectivity index (χ2v) is 6.68. The Morgan fingerprint density at radius 2 is 1.81 bits per heavy atom. The maximum Gasteiger partial charge on any atom is 0.333 e. The zero-order chi connectivity index (χ0) is 19.6. The first kappa shape index (κ1) is 21.5. The van der Waals surface area contributed by atoms with Crippen LogP contribution < -0.4 is 4.74 Å². The number of benzene rings is 1. The Morgan fingerprint density at radius 3 is 2.38 bits per heavy atom. The third-order valence-corrected chi connectivity index (χ3v) is 3.66. The van der Waals surface area contributed by atoms with E-state index < -0.39 is 11.4 Å². The summed E-state index contributed by atoms with van der Waals surface area (Å²) < 4.78 is 15.6. The first-order valence-corrected chi connectivity index (χ1v) is 8.69. The normalized spacial score (nSPS) is 11.2. The van der Waals surface area contributed by atoms with Gasteiger partial charge in [0.15, 0.2) is 0 Å². The fraction of sp³-hybridized carbons (Fsp3) is 0.429. The number of hydrogen-bond acceptors (Lipinski definition) is 5. The molecule has 26 heavy (non-hydrogen) atoms. The predicted octanol–water partition coefficient (Wildman–Crippen LogP) is 4.52. The molecule has 0 heterocycles. The van der Waals surface area contributed by atoms with Gasteiger partial charge in [0, 0.05) is 5.57 Å². The Labute approximate surface area is 155 Å². The van der Waals surface area contributed by atoms with Crippen LogP contribution in [0.4, 0.5) is 0 Å². The van der Waals surface area contributed by atoms with E-state index in [4.69, 9.17) is 14.2 Å². The zero-order valence-electron chi connectivity index (χ0n) is 16.0. The summed E-state index contributed by atoms with van der Waals surface area (Å²) in [7, 11) is 0. The third-order valence-electron chi connectivity index (χ3n) is 3.66. The molecule has 0 unspecified atom stereocenters. The van der Waals surface area contributed by atoms with Gasteiger partial charge in [-0.3, -0.25) is 4.79 Å². The van der Waals surface area contributed by atoms with Crippen LogP contribution in [0, 0.1) is 5.41 Å². The van der Waals surface area contributed by atoms with Crippen molar-refractivity contribution in [2.45, 2.75) is 40.5 Å². The molecule has 142 valence electrons. The van der Waals surface area contributed by atoms with E-state index in [1.807, 2.05) is 32.9 Å². The minimum atomic E-state index is -0.491. The molecule has 0 atom stereocenters. The van der Waals surface area contributed by atoms with Gasteiger partial charge in [0.25, 0.3) is 0 Å². The highest BCUT2D eigenvalue weighted by Gasteiger charge is 2.28. The molecule has 1 rings (SSSR count). The molecule has 1 aromatic rings. The molecule has 0 saturated carbocycles. The fourth-order valence-electron chi connectivity index (χ4n) is 2.12. The summed E-state index contributed by atoms with van der Waals surface area (Å²) in [6, 6.07) is 7.15. The molecule has 0 N–H and O–H groups in total. The Kier molecular flexibility index (Phi) is 8.62. The standard InChI is InChI=1S/C21H28O5/c1-6-12-21(4,5)20(23)26-18-9-7-17(8-10-18)11-13-24-14-15-25-19(22)16(2)3/h7-11,13H,2,6,12,14-15H2,1,3-5H3/b13-11+. The van der Waals surface area contributed by atoms with Crippen molar-refractivity contribution in [3.05, 3.63) is 48.2 Å². The molecule has 5 heteroatoms. The van der Waals surface area contributed by atoms with Crippen LogP contribution in [0.1, 0.15) is 46.1 Å². The highest BCUT2D eigenvalue weighted by molar-refractivity contribution is 5.86. The van der Waals surface area contributed by atoms with Crippen LogP contribution in [0.25, 0.3) is 6.08 Å². The van der Waals surface area contributed by atoms with E-state index in [0.717, 1.165) is 18.4 Å². The molecule has 1 aromatic carbocycles. The van der Waals surface area contributed by atoms with Gasteiger partial charge in [0.05, 0.1) is 11.7 Å². The Hall–Kier alpha value is -2.56. The average molecular weight is 360 g/mol. The van der Waals surface area contributed by atoms with Crippen molar-refractivity contribution >= 4 is 18.0 Å². The summed E-state index contributed by atoms with van der Waals surface area (Å²) in [5.41, 5.74) is 0.769. The minimum absolute atomic E-state index is 0.165. The van der Waals surface area contributed by atoms with Crippen molar-refractivity contribution in [2.24, 2.45) is 5.41 Å². The van der Waals surface area contributed by atoms with Crippen molar-refractivity contribution < 1.29 is 23.8 Å². The molecule has 0 amide bonds. The van der Waals surface area contributed by atoms with E-state index >= 15 is 0 Å². The second-order valence-electron chi connectivity index (χ2n) is 6.68. The van der Waals surface area contributed by atoms with E-state index in [-0.39, 0.29) is 19.2 Å². The Bertz CT molecular complexity index is 641. The van der Waals surface area contributed by atoms with Crippen molar-refractivity contribution in [2.75, 3.05) is 13.2 Å². The minimum Gasteiger partial charge on any atom is -0.498 e. The van der Waals surface area contributed by atoms with Gasteiger partial charge in [-0.15, -0.1) is 0 Å². The van der Waals surface area contributed by atoms with Gasteiger partial charge >= 0.3 is 11.9 Å². The average Bonchev–Trinajstić information content (AvgIpc) is 2.58. The smallest absolute Gasteiger partial charge is 0.333 e. The number of carbonyl (C=O) groups excluding carboxylic acids is 2. The maximum absolute atomic E-state index is 12.2. The monoisotopic (exact) mass is 360 g/mol. The summed E-state index contributed by atoms with van der Waals surface area (Å²) >= 11 is 0. The molecule has 0 bridgehead atoms. The van der Waals surface area contributed by atoms with Crippen LogP contribution in [-0.4, -0.2) is 25.2 Å². The van der Waals surface area contributed by atoms with Crippen molar-refractivity contribution in [1.82, 2.24) is 0 Å². The predicted molar refractivity (Wildman–Crippen MR) is 102 cm³/mol. The summed E-state index contributed by atoms with van der Waals surface area (Å²) in [6.07, 6.45) is 5.01. The topological polar surface area (TPSA) is 61.8 Å². The second kappa shape index (κ2) is 10.4. The summed E-state index contributed by atoms with van der Waals surface area (Å²) in [5.74, 6) is -0.135. The van der Waals surface area contributed by atoms with Gasteiger partial charge in [-0.2, -0.15) is 0 Å². The molecule has 0 aliphatic heterocycles. The molecular weight excluding hydrogens is 332 g/mol. The first-order valence-electron chi connectivity index (χ1n) is 8.69. The molecule has 0 aromatic heterocycles. The largest absolute Gasteiger partial charge is 0.498 e. The van der Waals surface area contributed by atoms with E-state index in [2.05, 4.69) is 6.58 Å². The van der Waals surface area contributed by atoms with Crippen LogP contribution in [-0.2, 0) is 19.1 Å². The van der Waals surface area contributed by atoms with Gasteiger partial charge < -0.3 is 14.2 Å². The fourth-order valence-corrected chi connectivity index (χ4v) is 2.12. The van der Waals surface area contributed by atoms with Gasteiger partial charge in [-0.25, -0.2) is 4.79 Å². The maximum atomic E-state index is 12.2. The van der Waals surface area contributed by atoms with Crippen molar-refractivity contribution in [3.8, 4) is 5.75 Å². The van der Waals surface area contributed by atoms with Gasteiger partial charge in [0.2, 0.25) is 0 Å². The SMILES string of the molecule is C=C(C)C(=O)OCCO/C=C/c1ccc(OC(=O)C(C)(C)CCC)cc1. The molecule has 0 aliphatic carbocycles. The number of esters is 2. The Balaban J connectivity index is 2.41. The molecular formula is C21H28O5. The number of carbonyl (C=O) groups is 2. The molecule has 0 aliphatic rings. The van der Waals surface area contributed by atoms with Crippen molar-refractivity contribution in [1.29, 1.82) is 0 Å². The van der Waals surface area contributed by atoms with Crippen LogP contribution >= 0.6 is 0 Å². The summed E-state index contributed by atoms with van der Waals surface area (Å²) in [5, 5.41) is 0. The number of rotatable bonds is 10. The number of ether oxygens (including phenoxy) is 3. The lowest BCUT2D eigenvalue weighted by atomic mass is 9.88. The van der Waals surface area contributed by atoms with Gasteiger partial charge in [0.1, 0.15) is 19.0 Å². The van der Waals surface area contributed by atoms with Crippen LogP contribution in [0.15, 0.2) is 42.7 Å². The lowest BCUT2D eigenvalue weighted by molar-refractivity contribution is -0.144. The van der Waals surface area contributed by atoms with E-state index in [1.54, 1.807) is 25.1 Å². The highest BCUT2D eigenvalue weighted by Crippen LogP contribution is 2.25. The first-order chi connectivity index (χ1) is 12.3. The molecule has 0 fully saturated rings. The van der Waals surface area contributed by atoms with Gasteiger partial charge in [-0.05, 0) is 51.0 Å². The molecule has 0 spiro atoms. The zero-order valence-corrected chi connectivity index (χ0v) is 16.0. The van der Waals surface area contributed by atoms with Gasteiger partial charge in [-0.1, -0.05) is 32.1 Å². The van der Waals surface area contributed by atoms with E-state index in [0.29, 0.717) is 11.3 Å². The lowest BCUT2D eigenvalue weighted by Crippen LogP contribution is -2.28.